The number of allylic oxidation sites excluding steroid dienone is 2. The van der Waals surface area contributed by atoms with Crippen molar-refractivity contribution in [2.75, 3.05) is 0 Å². The van der Waals surface area contributed by atoms with Crippen molar-refractivity contribution in [1.29, 1.82) is 0 Å². The van der Waals surface area contributed by atoms with Gasteiger partial charge in [-0.1, -0.05) is 19.1 Å². The lowest BCUT2D eigenvalue weighted by Crippen LogP contribution is -2.24. The van der Waals surface area contributed by atoms with E-state index in [1.54, 1.807) is 0 Å². The molecule has 1 nitrogen and oxygen atoms in total. The summed E-state index contributed by atoms with van der Waals surface area (Å²) in [6.45, 7) is 2.24. The van der Waals surface area contributed by atoms with Gasteiger partial charge in [-0.05, 0) is 24.7 Å². The molecule has 0 radical (unpaired) electrons. The minimum atomic E-state index is 0.354. The van der Waals surface area contributed by atoms with Crippen LogP contribution in [0.2, 0.25) is 0 Å². The molecule has 1 fully saturated rings. The molecule has 0 saturated heterocycles. The summed E-state index contributed by atoms with van der Waals surface area (Å²) in [6.07, 6.45) is 8.37. The molecular formula is C10H14O. The molecule has 1 unspecified atom stereocenters. The topological polar surface area (TPSA) is 17.1 Å². The van der Waals surface area contributed by atoms with Crippen LogP contribution >= 0.6 is 0 Å². The summed E-state index contributed by atoms with van der Waals surface area (Å²) < 4.78 is 0. The van der Waals surface area contributed by atoms with Gasteiger partial charge in [0.2, 0.25) is 0 Å². The van der Waals surface area contributed by atoms with Crippen LogP contribution in [0.1, 0.15) is 32.6 Å². The monoisotopic (exact) mass is 150 g/mol. The van der Waals surface area contributed by atoms with Crippen LogP contribution in [0.15, 0.2) is 12.2 Å². The first-order valence-electron chi connectivity index (χ1n) is 4.40. The van der Waals surface area contributed by atoms with Crippen molar-refractivity contribution in [3.8, 4) is 0 Å². The van der Waals surface area contributed by atoms with E-state index in [-0.39, 0.29) is 0 Å². The minimum absolute atomic E-state index is 0.354. The number of ketones is 1. The Labute approximate surface area is 67.5 Å². The second-order valence-corrected chi connectivity index (χ2v) is 4.08. The van der Waals surface area contributed by atoms with Gasteiger partial charge in [0.05, 0.1) is 0 Å². The van der Waals surface area contributed by atoms with E-state index in [9.17, 15) is 4.79 Å². The van der Waals surface area contributed by atoms with E-state index < -0.39 is 0 Å². The molecule has 0 amide bonds. The van der Waals surface area contributed by atoms with E-state index >= 15 is 0 Å². The van der Waals surface area contributed by atoms with E-state index in [0.717, 1.165) is 6.42 Å². The van der Waals surface area contributed by atoms with Gasteiger partial charge in [-0.15, -0.1) is 0 Å². The van der Waals surface area contributed by atoms with Gasteiger partial charge in [0.1, 0.15) is 5.78 Å². The third-order valence-corrected chi connectivity index (χ3v) is 3.13. The standard InChI is InChI=1S/C10H14O/c1-10(6-7-10)8-4-2-3-5-9(8)11/h2-3,8H,4-7H2,1H3. The van der Waals surface area contributed by atoms with Gasteiger partial charge in [0.25, 0.3) is 0 Å². The third-order valence-electron chi connectivity index (χ3n) is 3.13. The molecular weight excluding hydrogens is 136 g/mol. The molecule has 1 atom stereocenters. The fourth-order valence-corrected chi connectivity index (χ4v) is 1.92. The zero-order chi connectivity index (χ0) is 7.90. The second kappa shape index (κ2) is 2.20. The van der Waals surface area contributed by atoms with Gasteiger partial charge in [-0.25, -0.2) is 0 Å². The summed E-state index contributed by atoms with van der Waals surface area (Å²) in [7, 11) is 0. The third kappa shape index (κ3) is 1.13. The molecule has 0 heterocycles. The highest BCUT2D eigenvalue weighted by Crippen LogP contribution is 2.53. The molecule has 0 bridgehead atoms. The van der Waals surface area contributed by atoms with Crippen molar-refractivity contribution in [2.24, 2.45) is 11.3 Å². The number of hydrogen-bond donors (Lipinski definition) is 0. The van der Waals surface area contributed by atoms with Gasteiger partial charge in [0.15, 0.2) is 0 Å². The van der Waals surface area contributed by atoms with Crippen molar-refractivity contribution < 1.29 is 4.79 Å². The van der Waals surface area contributed by atoms with Crippen LogP contribution in [0, 0.1) is 11.3 Å². The Kier molecular flexibility index (Phi) is 1.41. The van der Waals surface area contributed by atoms with Crippen LogP contribution in [0.5, 0.6) is 0 Å². The lowest BCUT2D eigenvalue weighted by Gasteiger charge is -2.22. The number of hydrogen-bond acceptors (Lipinski definition) is 1. The smallest absolute Gasteiger partial charge is 0.140 e. The SMILES string of the molecule is CC1(C2CC=CCC2=O)CC1. The number of carbonyl (C=O) groups excluding carboxylic acids is 1. The van der Waals surface area contributed by atoms with Crippen molar-refractivity contribution in [3.63, 3.8) is 0 Å². The average molecular weight is 150 g/mol. The van der Waals surface area contributed by atoms with Crippen molar-refractivity contribution in [3.05, 3.63) is 12.2 Å². The normalized spacial score (nSPS) is 33.9. The average Bonchev–Trinajstić information content (AvgIpc) is 2.70. The molecule has 60 valence electrons. The Hall–Kier alpha value is -0.590. The Bertz CT molecular complexity index is 211. The molecule has 2 rings (SSSR count). The maximum Gasteiger partial charge on any atom is 0.140 e. The predicted molar refractivity (Wildman–Crippen MR) is 44.2 cm³/mol. The quantitative estimate of drug-likeness (QED) is 0.524. The van der Waals surface area contributed by atoms with E-state index in [1.807, 2.05) is 6.08 Å². The second-order valence-electron chi connectivity index (χ2n) is 4.08. The largest absolute Gasteiger partial charge is 0.299 e. The molecule has 0 aromatic carbocycles. The maximum absolute atomic E-state index is 11.4. The van der Waals surface area contributed by atoms with Gasteiger partial charge in [-0.3, -0.25) is 4.79 Å². The molecule has 0 aromatic heterocycles. The Morgan fingerprint density at radius 1 is 1.45 bits per heavy atom. The van der Waals surface area contributed by atoms with Crippen LogP contribution in [0.4, 0.5) is 0 Å². The zero-order valence-corrected chi connectivity index (χ0v) is 6.97. The fraction of sp³-hybridized carbons (Fsp3) is 0.700. The molecule has 0 N–H and O–H groups in total. The highest BCUT2D eigenvalue weighted by Gasteiger charge is 2.47. The Morgan fingerprint density at radius 3 is 2.73 bits per heavy atom. The molecule has 0 aromatic rings. The van der Waals surface area contributed by atoms with E-state index in [2.05, 4.69) is 13.0 Å². The van der Waals surface area contributed by atoms with E-state index in [1.165, 1.54) is 12.8 Å². The van der Waals surface area contributed by atoms with Crippen LogP contribution in [0.3, 0.4) is 0 Å². The highest BCUT2D eigenvalue weighted by atomic mass is 16.1. The van der Waals surface area contributed by atoms with Crippen LogP contribution in [-0.4, -0.2) is 5.78 Å². The van der Waals surface area contributed by atoms with E-state index in [0.29, 0.717) is 23.5 Å². The van der Waals surface area contributed by atoms with Gasteiger partial charge >= 0.3 is 0 Å². The minimum Gasteiger partial charge on any atom is -0.299 e. The van der Waals surface area contributed by atoms with Crippen LogP contribution < -0.4 is 0 Å². The zero-order valence-electron chi connectivity index (χ0n) is 6.97. The summed E-state index contributed by atoms with van der Waals surface area (Å²) in [5.41, 5.74) is 0.391. The summed E-state index contributed by atoms with van der Waals surface area (Å²) in [4.78, 5) is 11.4. The van der Waals surface area contributed by atoms with Crippen molar-refractivity contribution in [1.82, 2.24) is 0 Å². The van der Waals surface area contributed by atoms with Crippen LogP contribution in [-0.2, 0) is 4.79 Å². The summed E-state index contributed by atoms with van der Waals surface area (Å²) in [6, 6.07) is 0. The number of rotatable bonds is 1. The number of carbonyl (C=O) groups is 1. The predicted octanol–water partition coefficient (Wildman–Crippen LogP) is 2.32. The van der Waals surface area contributed by atoms with E-state index in [4.69, 9.17) is 0 Å². The molecule has 2 aliphatic carbocycles. The first-order valence-corrected chi connectivity index (χ1v) is 4.40. The van der Waals surface area contributed by atoms with Crippen molar-refractivity contribution >= 4 is 5.78 Å². The lowest BCUT2D eigenvalue weighted by molar-refractivity contribution is -0.124. The summed E-state index contributed by atoms with van der Waals surface area (Å²) in [5.74, 6) is 0.819. The first kappa shape index (κ1) is 7.08. The lowest BCUT2D eigenvalue weighted by atomic mass is 9.81. The summed E-state index contributed by atoms with van der Waals surface area (Å²) >= 11 is 0. The number of Topliss-reactive ketones (excluding diaryl/α,β-unsaturated/α-hetero) is 1. The first-order chi connectivity index (χ1) is 5.22. The molecule has 0 aliphatic heterocycles. The highest BCUT2D eigenvalue weighted by molar-refractivity contribution is 5.84. The van der Waals surface area contributed by atoms with Gasteiger partial charge in [0, 0.05) is 12.3 Å². The molecule has 2 aliphatic rings. The van der Waals surface area contributed by atoms with Gasteiger partial charge in [-0.2, -0.15) is 0 Å². The molecule has 11 heavy (non-hydrogen) atoms. The maximum atomic E-state index is 11.4. The molecule has 0 spiro atoms. The van der Waals surface area contributed by atoms with Crippen LogP contribution in [0.25, 0.3) is 0 Å². The fourth-order valence-electron chi connectivity index (χ4n) is 1.92. The Morgan fingerprint density at radius 2 is 2.18 bits per heavy atom. The van der Waals surface area contributed by atoms with Crippen molar-refractivity contribution in [2.45, 2.75) is 32.6 Å². The molecule has 1 heteroatoms. The van der Waals surface area contributed by atoms with Gasteiger partial charge < -0.3 is 0 Å². The molecule has 1 saturated carbocycles. The summed E-state index contributed by atoms with van der Waals surface area (Å²) in [5, 5.41) is 0. The Balaban J connectivity index is 2.13.